The highest BCUT2D eigenvalue weighted by Gasteiger charge is 2.18. The summed E-state index contributed by atoms with van der Waals surface area (Å²) in [6.45, 7) is 2.91. The maximum atomic E-state index is 5.94. The highest BCUT2D eigenvalue weighted by Crippen LogP contribution is 2.28. The summed E-state index contributed by atoms with van der Waals surface area (Å²) < 4.78 is 8.88. The summed E-state index contributed by atoms with van der Waals surface area (Å²) in [4.78, 5) is 5.24. The predicted molar refractivity (Wildman–Crippen MR) is 100 cm³/mol. The van der Waals surface area contributed by atoms with Gasteiger partial charge in [0.15, 0.2) is 10.8 Å². The number of aromatic nitrogens is 4. The van der Waals surface area contributed by atoms with E-state index in [1.165, 1.54) is 11.3 Å². The molecule has 0 N–H and O–H groups in total. The van der Waals surface area contributed by atoms with Crippen LogP contribution in [0, 0.1) is 0 Å². The maximum absolute atomic E-state index is 5.94. The Bertz CT molecular complexity index is 861. The van der Waals surface area contributed by atoms with E-state index in [0.29, 0.717) is 0 Å². The molecule has 3 heterocycles. The minimum Gasteiger partial charge on any atom is -0.483 e. The average molecular weight is 378 g/mol. The number of fused-ring (bicyclic) bond motifs is 1. The molecule has 0 aliphatic carbocycles. The summed E-state index contributed by atoms with van der Waals surface area (Å²) in [5.74, 6) is 3.49. The number of thioether (sulfide) groups is 2. The fraction of sp³-hybridized carbons (Fsp3) is 0.333. The molecule has 124 valence electrons. The first-order chi connectivity index (χ1) is 11.8. The van der Waals surface area contributed by atoms with Crippen molar-refractivity contribution in [3.8, 4) is 5.75 Å². The normalized spacial score (nSPS) is 15.6. The Morgan fingerprint density at radius 1 is 1.29 bits per heavy atom. The third kappa shape index (κ3) is 3.42. The lowest BCUT2D eigenvalue weighted by molar-refractivity contribution is 0.225. The van der Waals surface area contributed by atoms with Crippen LogP contribution < -0.4 is 4.74 Å². The van der Waals surface area contributed by atoms with Crippen molar-refractivity contribution in [3.05, 3.63) is 41.2 Å². The molecule has 1 aromatic carbocycles. The lowest BCUT2D eigenvalue weighted by Crippen LogP contribution is -2.04. The molecule has 0 unspecified atom stereocenters. The van der Waals surface area contributed by atoms with Crippen molar-refractivity contribution in [2.24, 2.45) is 4.99 Å². The largest absolute Gasteiger partial charge is 0.483 e. The predicted octanol–water partition coefficient (Wildman–Crippen LogP) is 3.66. The van der Waals surface area contributed by atoms with Crippen LogP contribution in [0.15, 0.2) is 35.3 Å². The minimum atomic E-state index is -0.130. The van der Waals surface area contributed by atoms with Gasteiger partial charge in [-0.1, -0.05) is 53.1 Å². The number of hydrogen-bond donors (Lipinski definition) is 0. The first-order valence-electron chi connectivity index (χ1n) is 7.52. The maximum Gasteiger partial charge on any atom is 0.234 e. The average Bonchev–Trinajstić information content (AvgIpc) is 3.31. The monoisotopic (exact) mass is 377 g/mol. The lowest BCUT2D eigenvalue weighted by Gasteiger charge is -2.11. The van der Waals surface area contributed by atoms with Crippen LogP contribution in [-0.2, 0) is 5.75 Å². The van der Waals surface area contributed by atoms with Crippen molar-refractivity contribution in [1.29, 1.82) is 0 Å². The molecular formula is C15H15N5OS3. The number of hydrogen-bond acceptors (Lipinski definition) is 8. The van der Waals surface area contributed by atoms with Crippen molar-refractivity contribution in [3.63, 3.8) is 0 Å². The highest BCUT2D eigenvalue weighted by atomic mass is 32.2. The van der Waals surface area contributed by atoms with E-state index in [9.17, 15) is 0 Å². The third-order valence-electron chi connectivity index (χ3n) is 3.36. The first kappa shape index (κ1) is 15.9. The van der Waals surface area contributed by atoms with Crippen molar-refractivity contribution in [2.45, 2.75) is 18.8 Å². The summed E-state index contributed by atoms with van der Waals surface area (Å²) >= 11 is 5.01. The van der Waals surface area contributed by atoms with Gasteiger partial charge >= 0.3 is 0 Å². The van der Waals surface area contributed by atoms with Crippen molar-refractivity contribution < 1.29 is 4.74 Å². The molecule has 1 atom stereocenters. The molecule has 1 aliphatic heterocycles. The molecule has 3 aromatic rings. The summed E-state index contributed by atoms with van der Waals surface area (Å²) in [5.41, 5.74) is 0. The van der Waals surface area contributed by atoms with Gasteiger partial charge in [0, 0.05) is 5.75 Å². The van der Waals surface area contributed by atoms with E-state index in [2.05, 4.69) is 20.3 Å². The van der Waals surface area contributed by atoms with Gasteiger partial charge in [0.2, 0.25) is 4.96 Å². The van der Waals surface area contributed by atoms with Crippen LogP contribution in [0.4, 0.5) is 0 Å². The molecule has 0 saturated carbocycles. The second-order valence-electron chi connectivity index (χ2n) is 5.11. The number of benzene rings is 1. The Labute approximate surface area is 151 Å². The number of aliphatic imine (C=N–C) groups is 1. The van der Waals surface area contributed by atoms with Crippen LogP contribution in [0.2, 0.25) is 0 Å². The summed E-state index contributed by atoms with van der Waals surface area (Å²) in [5, 5.41) is 14.0. The van der Waals surface area contributed by atoms with E-state index in [4.69, 9.17) is 4.74 Å². The highest BCUT2D eigenvalue weighted by molar-refractivity contribution is 8.38. The standard InChI is InChI=1S/C15H15N5OS3/c1-10(21-11-5-3-2-4-6-11)13-19-20-12(17-18-14(20)24-13)9-23-15-16-7-8-22-15/h2-6,10H,7-9H2,1H3/t10-/m0/s1. The topological polar surface area (TPSA) is 64.7 Å². The second kappa shape index (κ2) is 7.12. The molecule has 4 rings (SSSR count). The molecule has 2 aromatic heterocycles. The van der Waals surface area contributed by atoms with Crippen LogP contribution in [0.1, 0.15) is 23.9 Å². The SMILES string of the molecule is C[C@H](Oc1ccccc1)c1nn2c(CSC3=NCCS3)nnc2s1. The van der Waals surface area contributed by atoms with Gasteiger partial charge in [-0.3, -0.25) is 4.99 Å². The second-order valence-corrected chi connectivity index (χ2v) is 8.40. The zero-order chi connectivity index (χ0) is 16.4. The fourth-order valence-electron chi connectivity index (χ4n) is 2.21. The van der Waals surface area contributed by atoms with E-state index in [-0.39, 0.29) is 6.10 Å². The van der Waals surface area contributed by atoms with Crippen LogP contribution in [0.5, 0.6) is 5.75 Å². The molecule has 1 aliphatic rings. The van der Waals surface area contributed by atoms with Gasteiger partial charge in [-0.2, -0.15) is 9.61 Å². The molecule has 0 amide bonds. The molecule has 6 nitrogen and oxygen atoms in total. The van der Waals surface area contributed by atoms with Crippen molar-refractivity contribution in [1.82, 2.24) is 19.8 Å². The van der Waals surface area contributed by atoms with Gasteiger partial charge in [-0.05, 0) is 19.1 Å². The number of ether oxygens (including phenoxy) is 1. The number of nitrogens with zero attached hydrogens (tertiary/aromatic N) is 5. The Balaban J connectivity index is 1.48. The van der Waals surface area contributed by atoms with Crippen LogP contribution in [-0.4, -0.2) is 36.5 Å². The van der Waals surface area contributed by atoms with Gasteiger partial charge in [-0.25, -0.2) is 0 Å². The third-order valence-corrected chi connectivity index (χ3v) is 6.67. The molecule has 0 radical (unpaired) electrons. The Morgan fingerprint density at radius 3 is 2.96 bits per heavy atom. The smallest absolute Gasteiger partial charge is 0.234 e. The van der Waals surface area contributed by atoms with E-state index >= 15 is 0 Å². The molecule has 9 heteroatoms. The zero-order valence-electron chi connectivity index (χ0n) is 13.0. The Morgan fingerprint density at radius 2 is 2.17 bits per heavy atom. The molecule has 24 heavy (non-hydrogen) atoms. The van der Waals surface area contributed by atoms with Crippen LogP contribution in [0.25, 0.3) is 4.96 Å². The van der Waals surface area contributed by atoms with E-state index < -0.39 is 0 Å². The van der Waals surface area contributed by atoms with E-state index in [1.807, 2.05) is 41.8 Å². The van der Waals surface area contributed by atoms with Gasteiger partial charge in [0.05, 0.1) is 12.3 Å². The van der Waals surface area contributed by atoms with Gasteiger partial charge < -0.3 is 4.74 Å². The Kier molecular flexibility index (Phi) is 4.72. The van der Waals surface area contributed by atoms with Gasteiger partial charge in [-0.15, -0.1) is 10.2 Å². The molecule has 0 fully saturated rings. The quantitative estimate of drug-likeness (QED) is 0.676. The van der Waals surface area contributed by atoms with Gasteiger partial charge in [0.1, 0.15) is 16.2 Å². The zero-order valence-corrected chi connectivity index (χ0v) is 15.4. The van der Waals surface area contributed by atoms with E-state index in [0.717, 1.165) is 44.0 Å². The first-order valence-corrected chi connectivity index (χ1v) is 10.3. The number of rotatable bonds is 5. The van der Waals surface area contributed by atoms with Crippen molar-refractivity contribution in [2.75, 3.05) is 12.3 Å². The molecule has 0 saturated heterocycles. The van der Waals surface area contributed by atoms with Gasteiger partial charge in [0.25, 0.3) is 0 Å². The Hall–Kier alpha value is -1.58. The molecular weight excluding hydrogens is 362 g/mol. The molecule has 0 spiro atoms. The van der Waals surface area contributed by atoms with Crippen molar-refractivity contribution >= 4 is 44.2 Å². The van der Waals surface area contributed by atoms with Crippen LogP contribution in [0.3, 0.4) is 0 Å². The lowest BCUT2D eigenvalue weighted by atomic mass is 10.3. The fourth-order valence-corrected chi connectivity index (χ4v) is 4.96. The van der Waals surface area contributed by atoms with E-state index in [1.54, 1.807) is 23.5 Å². The summed E-state index contributed by atoms with van der Waals surface area (Å²) in [7, 11) is 0. The minimum absolute atomic E-state index is 0.130. The molecule has 0 bridgehead atoms. The summed E-state index contributed by atoms with van der Waals surface area (Å²) in [6, 6.07) is 9.77. The summed E-state index contributed by atoms with van der Waals surface area (Å²) in [6.07, 6.45) is -0.130. The number of para-hydroxylation sites is 1. The van der Waals surface area contributed by atoms with Crippen LogP contribution >= 0.6 is 34.9 Å².